The molecule has 2 nitrogen and oxygen atoms in total. The largest absolute Gasteiger partial charge is 0.376 e. The van der Waals surface area contributed by atoms with E-state index in [-0.39, 0.29) is 0 Å². The lowest BCUT2D eigenvalue weighted by Gasteiger charge is -2.33. The van der Waals surface area contributed by atoms with Gasteiger partial charge in [0.1, 0.15) is 6.54 Å². The Kier molecular flexibility index (Phi) is 7.29. The zero-order valence-corrected chi connectivity index (χ0v) is 9.81. The summed E-state index contributed by atoms with van der Waals surface area (Å²) < 4.78 is 6.56. The molecule has 2 heteroatoms. The highest BCUT2D eigenvalue weighted by Gasteiger charge is 2.17. The summed E-state index contributed by atoms with van der Waals surface area (Å²) in [4.78, 5) is 0. The second-order valence-electron chi connectivity index (χ2n) is 3.93. The maximum Gasteiger partial charge on any atom is 0.102 e. The maximum absolute atomic E-state index is 5.40. The van der Waals surface area contributed by atoms with Gasteiger partial charge >= 0.3 is 0 Å². The Hall–Kier alpha value is -0.0800. The van der Waals surface area contributed by atoms with Gasteiger partial charge in [0, 0.05) is 6.61 Å². The van der Waals surface area contributed by atoms with Gasteiger partial charge in [0.2, 0.25) is 0 Å². The fraction of sp³-hybridized carbons (Fsp3) is 1.00. The van der Waals surface area contributed by atoms with Crippen LogP contribution >= 0.6 is 0 Å². The molecule has 0 N–H and O–H groups in total. The summed E-state index contributed by atoms with van der Waals surface area (Å²) in [6.45, 7) is 12.0. The highest BCUT2D eigenvalue weighted by Crippen LogP contribution is 2.04. The van der Waals surface area contributed by atoms with E-state index in [1.54, 1.807) is 0 Å². The minimum Gasteiger partial charge on any atom is -0.376 e. The fourth-order valence-electron chi connectivity index (χ4n) is 1.40. The highest BCUT2D eigenvalue weighted by molar-refractivity contribution is 4.39. The van der Waals surface area contributed by atoms with E-state index in [9.17, 15) is 0 Å². The van der Waals surface area contributed by atoms with Gasteiger partial charge in [-0.3, -0.25) is 0 Å². The fourth-order valence-corrected chi connectivity index (χ4v) is 1.40. The Labute approximate surface area is 83.5 Å². The van der Waals surface area contributed by atoms with Crippen molar-refractivity contribution >= 4 is 0 Å². The number of quaternary nitrogens is 1. The monoisotopic (exact) mass is 188 g/mol. The van der Waals surface area contributed by atoms with Gasteiger partial charge in [-0.2, -0.15) is 0 Å². The molecular formula is C11H26NO+. The predicted octanol–water partition coefficient (Wildman–Crippen LogP) is 2.29. The van der Waals surface area contributed by atoms with Gasteiger partial charge in [-0.15, -0.1) is 0 Å². The number of unbranched alkanes of at least 4 members (excludes halogenated alkanes) is 1. The zero-order valence-electron chi connectivity index (χ0n) is 9.81. The molecule has 0 bridgehead atoms. The first kappa shape index (κ1) is 12.9. The van der Waals surface area contributed by atoms with Gasteiger partial charge in [-0.1, -0.05) is 13.3 Å². The van der Waals surface area contributed by atoms with E-state index in [1.807, 2.05) is 0 Å². The normalized spacial score (nSPS) is 15.7. The lowest BCUT2D eigenvalue weighted by atomic mass is 10.2. The first-order chi connectivity index (χ1) is 6.18. The molecule has 1 atom stereocenters. The summed E-state index contributed by atoms with van der Waals surface area (Å²) in [5.74, 6) is 0. The number of rotatable bonds is 8. The SMILES string of the molecule is CCCC[N+](C)(CC)CCOCC. The Morgan fingerprint density at radius 1 is 1.08 bits per heavy atom. The van der Waals surface area contributed by atoms with Gasteiger partial charge in [0.25, 0.3) is 0 Å². The molecule has 0 amide bonds. The van der Waals surface area contributed by atoms with Gasteiger partial charge in [-0.25, -0.2) is 0 Å². The van der Waals surface area contributed by atoms with Crippen LogP contribution in [-0.2, 0) is 4.74 Å². The molecule has 1 unspecified atom stereocenters. The quantitative estimate of drug-likeness (QED) is 0.419. The maximum atomic E-state index is 5.40. The third-order valence-corrected chi connectivity index (χ3v) is 2.79. The second-order valence-corrected chi connectivity index (χ2v) is 3.93. The summed E-state index contributed by atoms with van der Waals surface area (Å²) >= 11 is 0. The van der Waals surface area contributed by atoms with Gasteiger partial charge < -0.3 is 9.22 Å². The molecule has 0 aliphatic rings. The summed E-state index contributed by atoms with van der Waals surface area (Å²) in [6.07, 6.45) is 2.62. The van der Waals surface area contributed by atoms with Crippen LogP contribution in [0.15, 0.2) is 0 Å². The van der Waals surface area contributed by atoms with Crippen molar-refractivity contribution in [2.24, 2.45) is 0 Å². The summed E-state index contributed by atoms with van der Waals surface area (Å²) in [6, 6.07) is 0. The molecule has 13 heavy (non-hydrogen) atoms. The number of hydrogen-bond acceptors (Lipinski definition) is 1. The highest BCUT2D eigenvalue weighted by atomic mass is 16.5. The van der Waals surface area contributed by atoms with Crippen LogP contribution in [0.5, 0.6) is 0 Å². The average Bonchev–Trinajstić information content (AvgIpc) is 2.15. The van der Waals surface area contributed by atoms with E-state index in [4.69, 9.17) is 4.74 Å². The molecule has 0 aromatic heterocycles. The van der Waals surface area contributed by atoms with Crippen molar-refractivity contribution in [3.8, 4) is 0 Å². The van der Waals surface area contributed by atoms with E-state index < -0.39 is 0 Å². The molecule has 0 rings (SSSR count). The van der Waals surface area contributed by atoms with Crippen molar-refractivity contribution < 1.29 is 9.22 Å². The molecule has 0 aromatic rings. The number of nitrogens with zero attached hydrogens (tertiary/aromatic N) is 1. The Balaban J connectivity index is 3.67. The van der Waals surface area contributed by atoms with Crippen molar-refractivity contribution in [3.05, 3.63) is 0 Å². The molecule has 0 aliphatic carbocycles. The molecule has 0 radical (unpaired) electrons. The molecule has 0 saturated carbocycles. The average molecular weight is 188 g/mol. The summed E-state index contributed by atoms with van der Waals surface area (Å²) in [5, 5.41) is 0. The van der Waals surface area contributed by atoms with Crippen molar-refractivity contribution in [2.75, 3.05) is 39.9 Å². The standard InChI is InChI=1S/C11H26NO/c1-5-8-9-12(4,6-2)10-11-13-7-3/h5-11H2,1-4H3/q+1. The van der Waals surface area contributed by atoms with Gasteiger partial charge in [-0.05, 0) is 20.3 Å². The van der Waals surface area contributed by atoms with Crippen LogP contribution in [-0.4, -0.2) is 44.4 Å². The summed E-state index contributed by atoms with van der Waals surface area (Å²) in [5.41, 5.74) is 0. The minimum atomic E-state index is 0.845. The van der Waals surface area contributed by atoms with Gasteiger partial charge in [0.15, 0.2) is 0 Å². The Morgan fingerprint density at radius 3 is 2.23 bits per heavy atom. The first-order valence-corrected chi connectivity index (χ1v) is 5.59. The molecule has 0 spiro atoms. The first-order valence-electron chi connectivity index (χ1n) is 5.59. The molecule has 0 fully saturated rings. The Morgan fingerprint density at radius 2 is 1.77 bits per heavy atom. The predicted molar refractivity (Wildman–Crippen MR) is 57.9 cm³/mol. The lowest BCUT2D eigenvalue weighted by molar-refractivity contribution is -0.908. The van der Waals surface area contributed by atoms with Crippen LogP contribution in [0, 0.1) is 0 Å². The number of likely N-dealkylation sites (N-methyl/N-ethyl adjacent to an activating group) is 1. The topological polar surface area (TPSA) is 9.23 Å². The van der Waals surface area contributed by atoms with Crippen molar-refractivity contribution in [1.82, 2.24) is 0 Å². The molecule has 80 valence electrons. The second kappa shape index (κ2) is 7.34. The summed E-state index contributed by atoms with van der Waals surface area (Å²) in [7, 11) is 2.33. The third kappa shape index (κ3) is 6.05. The zero-order chi connectivity index (χ0) is 10.2. The van der Waals surface area contributed by atoms with E-state index >= 15 is 0 Å². The van der Waals surface area contributed by atoms with E-state index in [2.05, 4.69) is 27.8 Å². The third-order valence-electron chi connectivity index (χ3n) is 2.79. The van der Waals surface area contributed by atoms with E-state index in [0.29, 0.717) is 0 Å². The number of ether oxygens (including phenoxy) is 1. The van der Waals surface area contributed by atoms with Crippen molar-refractivity contribution in [1.29, 1.82) is 0 Å². The smallest absolute Gasteiger partial charge is 0.102 e. The van der Waals surface area contributed by atoms with Crippen LogP contribution in [0.25, 0.3) is 0 Å². The lowest BCUT2D eigenvalue weighted by Crippen LogP contribution is -2.46. The van der Waals surface area contributed by atoms with E-state index in [1.165, 1.54) is 25.9 Å². The van der Waals surface area contributed by atoms with Crippen LogP contribution in [0.4, 0.5) is 0 Å². The van der Waals surface area contributed by atoms with Gasteiger partial charge in [0.05, 0.1) is 26.7 Å². The molecule has 0 heterocycles. The van der Waals surface area contributed by atoms with Crippen molar-refractivity contribution in [2.45, 2.75) is 33.6 Å². The van der Waals surface area contributed by atoms with Crippen LogP contribution in [0.3, 0.4) is 0 Å². The molecule has 0 aromatic carbocycles. The van der Waals surface area contributed by atoms with Crippen LogP contribution in [0.1, 0.15) is 33.6 Å². The molecule has 0 aliphatic heterocycles. The number of hydrogen-bond donors (Lipinski definition) is 0. The molecular weight excluding hydrogens is 162 g/mol. The van der Waals surface area contributed by atoms with E-state index in [0.717, 1.165) is 24.2 Å². The minimum absolute atomic E-state index is 0.845. The van der Waals surface area contributed by atoms with Crippen molar-refractivity contribution in [3.63, 3.8) is 0 Å². The van der Waals surface area contributed by atoms with Crippen LogP contribution < -0.4 is 0 Å². The Bertz CT molecular complexity index is 117. The molecule has 0 saturated heterocycles. The van der Waals surface area contributed by atoms with Crippen LogP contribution in [0.2, 0.25) is 0 Å².